The molecule has 1 atom stereocenters. The van der Waals surface area contributed by atoms with E-state index in [1.165, 1.54) is 18.2 Å². The largest absolute Gasteiger partial charge is 0.396 e. The molecule has 1 nitrogen and oxygen atoms in total. The number of benzene rings is 2. The van der Waals surface area contributed by atoms with E-state index in [1.807, 2.05) is 0 Å². The van der Waals surface area contributed by atoms with Crippen molar-refractivity contribution in [1.82, 2.24) is 0 Å². The van der Waals surface area contributed by atoms with Crippen LogP contribution in [-0.4, -0.2) is 11.7 Å². The summed E-state index contributed by atoms with van der Waals surface area (Å²) in [5, 5.41) is 9.54. The van der Waals surface area contributed by atoms with Crippen LogP contribution in [0.25, 0.3) is 0 Å². The summed E-state index contributed by atoms with van der Waals surface area (Å²) in [6.45, 7) is -0.0661. The predicted octanol–water partition coefficient (Wildman–Crippen LogP) is 4.01. The van der Waals surface area contributed by atoms with Gasteiger partial charge in [0.25, 0.3) is 0 Å². The van der Waals surface area contributed by atoms with E-state index in [-0.39, 0.29) is 23.4 Å². The second kappa shape index (κ2) is 6.82. The number of aliphatic hydroxyl groups is 1. The molecule has 106 valence electrons. The minimum absolute atomic E-state index is 0.0661. The molecule has 0 saturated carbocycles. The van der Waals surface area contributed by atoms with Crippen LogP contribution in [-0.2, 0) is 12.8 Å². The Labute approximate surface area is 121 Å². The summed E-state index contributed by atoms with van der Waals surface area (Å²) >= 11 is 5.91. The van der Waals surface area contributed by atoms with Gasteiger partial charge in [-0.3, -0.25) is 0 Å². The van der Waals surface area contributed by atoms with Crippen LogP contribution >= 0.6 is 11.6 Å². The number of hydrogen-bond acceptors (Lipinski definition) is 1. The van der Waals surface area contributed by atoms with Crippen LogP contribution in [0.4, 0.5) is 8.78 Å². The van der Waals surface area contributed by atoms with Crippen molar-refractivity contribution in [1.29, 1.82) is 0 Å². The average molecular weight is 297 g/mol. The van der Waals surface area contributed by atoms with Gasteiger partial charge < -0.3 is 5.11 Å². The van der Waals surface area contributed by atoms with E-state index in [9.17, 15) is 13.9 Å². The number of rotatable bonds is 5. The Bertz CT molecular complexity index is 586. The third-order valence-corrected chi connectivity index (χ3v) is 3.64. The molecule has 0 aromatic heterocycles. The van der Waals surface area contributed by atoms with E-state index >= 15 is 0 Å². The van der Waals surface area contributed by atoms with Crippen LogP contribution < -0.4 is 0 Å². The van der Waals surface area contributed by atoms with Crippen molar-refractivity contribution in [3.05, 3.63) is 70.2 Å². The lowest BCUT2D eigenvalue weighted by Gasteiger charge is -2.15. The lowest BCUT2D eigenvalue weighted by Crippen LogP contribution is -2.13. The standard InChI is InChI=1S/C16H15ClF2O/c17-16-13(4-2-6-15(16)19)8-12(10-20)7-11-3-1-5-14(18)9-11/h1-6,9,12,20H,7-8,10H2. The lowest BCUT2D eigenvalue weighted by atomic mass is 9.93. The highest BCUT2D eigenvalue weighted by Gasteiger charge is 2.14. The highest BCUT2D eigenvalue weighted by molar-refractivity contribution is 6.31. The third kappa shape index (κ3) is 3.78. The Balaban J connectivity index is 2.11. The van der Waals surface area contributed by atoms with Gasteiger partial charge in [0.2, 0.25) is 0 Å². The van der Waals surface area contributed by atoms with Gasteiger partial charge in [-0.25, -0.2) is 8.78 Å². The van der Waals surface area contributed by atoms with E-state index in [0.29, 0.717) is 18.4 Å². The summed E-state index contributed by atoms with van der Waals surface area (Å²) in [6, 6.07) is 10.9. The molecule has 0 radical (unpaired) electrons. The van der Waals surface area contributed by atoms with Crippen LogP contribution in [0.3, 0.4) is 0 Å². The second-order valence-electron chi connectivity index (χ2n) is 4.80. The van der Waals surface area contributed by atoms with Crippen molar-refractivity contribution in [3.8, 4) is 0 Å². The molecule has 0 aliphatic rings. The topological polar surface area (TPSA) is 20.2 Å². The molecule has 1 N–H and O–H groups in total. The van der Waals surface area contributed by atoms with Gasteiger partial charge in [-0.05, 0) is 48.1 Å². The maximum absolute atomic E-state index is 13.4. The molecule has 4 heteroatoms. The van der Waals surface area contributed by atoms with Crippen molar-refractivity contribution in [3.63, 3.8) is 0 Å². The van der Waals surface area contributed by atoms with E-state index in [4.69, 9.17) is 11.6 Å². The predicted molar refractivity (Wildman–Crippen MR) is 75.8 cm³/mol. The van der Waals surface area contributed by atoms with Gasteiger partial charge in [0.15, 0.2) is 0 Å². The third-order valence-electron chi connectivity index (χ3n) is 3.21. The minimum atomic E-state index is -0.466. The maximum Gasteiger partial charge on any atom is 0.142 e. The van der Waals surface area contributed by atoms with Crippen molar-refractivity contribution >= 4 is 11.6 Å². The highest BCUT2D eigenvalue weighted by Crippen LogP contribution is 2.24. The van der Waals surface area contributed by atoms with Crippen molar-refractivity contribution < 1.29 is 13.9 Å². The lowest BCUT2D eigenvalue weighted by molar-refractivity contribution is 0.225. The molecular weight excluding hydrogens is 282 g/mol. The van der Waals surface area contributed by atoms with Gasteiger partial charge in [-0.2, -0.15) is 0 Å². The normalized spacial score (nSPS) is 12.4. The first-order valence-electron chi connectivity index (χ1n) is 6.38. The van der Waals surface area contributed by atoms with Gasteiger partial charge in [0, 0.05) is 6.61 Å². The fraction of sp³-hybridized carbons (Fsp3) is 0.250. The summed E-state index contributed by atoms with van der Waals surface area (Å²) < 4.78 is 26.5. The van der Waals surface area contributed by atoms with Crippen LogP contribution in [0.15, 0.2) is 42.5 Å². The molecule has 1 unspecified atom stereocenters. The first kappa shape index (κ1) is 14.9. The first-order valence-corrected chi connectivity index (χ1v) is 6.76. The summed E-state index contributed by atoms with van der Waals surface area (Å²) in [5.74, 6) is -0.898. The number of aliphatic hydroxyl groups excluding tert-OH is 1. The summed E-state index contributed by atoms with van der Waals surface area (Å²) in [4.78, 5) is 0. The zero-order valence-electron chi connectivity index (χ0n) is 10.8. The molecule has 0 fully saturated rings. The molecule has 0 amide bonds. The second-order valence-corrected chi connectivity index (χ2v) is 5.18. The SMILES string of the molecule is OCC(Cc1cccc(F)c1)Cc1cccc(F)c1Cl. The van der Waals surface area contributed by atoms with Gasteiger partial charge in [-0.1, -0.05) is 35.9 Å². The monoisotopic (exact) mass is 296 g/mol. The maximum atomic E-state index is 13.4. The van der Waals surface area contributed by atoms with Gasteiger partial charge >= 0.3 is 0 Å². The quantitative estimate of drug-likeness (QED) is 0.884. The molecule has 2 rings (SSSR count). The minimum Gasteiger partial charge on any atom is -0.396 e. The van der Waals surface area contributed by atoms with Crippen molar-refractivity contribution in [2.45, 2.75) is 12.8 Å². The van der Waals surface area contributed by atoms with Gasteiger partial charge in [-0.15, -0.1) is 0 Å². The molecule has 0 aliphatic carbocycles. The Morgan fingerprint density at radius 1 is 1.05 bits per heavy atom. The molecule has 20 heavy (non-hydrogen) atoms. The molecule has 0 spiro atoms. The van der Waals surface area contributed by atoms with Crippen molar-refractivity contribution in [2.24, 2.45) is 5.92 Å². The zero-order valence-corrected chi connectivity index (χ0v) is 11.6. The molecule has 2 aromatic carbocycles. The molecule has 0 bridgehead atoms. The molecular formula is C16H15ClF2O. The van der Waals surface area contributed by atoms with Gasteiger partial charge in [0.05, 0.1) is 5.02 Å². The van der Waals surface area contributed by atoms with Crippen LogP contribution in [0.2, 0.25) is 5.02 Å². The Hall–Kier alpha value is -1.45. The zero-order chi connectivity index (χ0) is 14.5. The van der Waals surface area contributed by atoms with E-state index in [0.717, 1.165) is 5.56 Å². The first-order chi connectivity index (χ1) is 9.60. The smallest absolute Gasteiger partial charge is 0.142 e. The highest BCUT2D eigenvalue weighted by atomic mass is 35.5. The van der Waals surface area contributed by atoms with Crippen molar-refractivity contribution in [2.75, 3.05) is 6.61 Å². The summed E-state index contributed by atoms with van der Waals surface area (Å²) in [6.07, 6.45) is 0.963. The molecule has 0 aliphatic heterocycles. The summed E-state index contributed by atoms with van der Waals surface area (Å²) in [5.41, 5.74) is 1.46. The van der Waals surface area contributed by atoms with Crippen LogP contribution in [0, 0.1) is 17.6 Å². The van der Waals surface area contributed by atoms with E-state index < -0.39 is 5.82 Å². The van der Waals surface area contributed by atoms with Crippen LogP contribution in [0.1, 0.15) is 11.1 Å². The van der Waals surface area contributed by atoms with E-state index in [2.05, 4.69) is 0 Å². The van der Waals surface area contributed by atoms with Crippen LogP contribution in [0.5, 0.6) is 0 Å². The average Bonchev–Trinajstić information content (AvgIpc) is 2.43. The van der Waals surface area contributed by atoms with E-state index in [1.54, 1.807) is 24.3 Å². The fourth-order valence-electron chi connectivity index (χ4n) is 2.22. The molecule has 2 aromatic rings. The molecule has 0 saturated heterocycles. The summed E-state index contributed by atoms with van der Waals surface area (Å²) in [7, 11) is 0. The Kier molecular flexibility index (Phi) is 5.10. The Morgan fingerprint density at radius 3 is 2.50 bits per heavy atom. The number of halogens is 3. The van der Waals surface area contributed by atoms with Gasteiger partial charge in [0.1, 0.15) is 11.6 Å². The number of hydrogen-bond donors (Lipinski definition) is 1. The molecule has 0 heterocycles. The fourth-order valence-corrected chi connectivity index (χ4v) is 2.42. The Morgan fingerprint density at radius 2 is 1.80 bits per heavy atom.